The van der Waals surface area contributed by atoms with E-state index in [9.17, 15) is 0 Å². The lowest BCUT2D eigenvalue weighted by Gasteiger charge is -2.30. The van der Waals surface area contributed by atoms with Crippen LogP contribution < -0.4 is 4.90 Å². The first kappa shape index (κ1) is 25.1. The van der Waals surface area contributed by atoms with Crippen LogP contribution in [0.2, 0.25) is 0 Å². The van der Waals surface area contributed by atoms with Crippen LogP contribution in [0.25, 0.3) is 54.6 Å². The number of anilines is 3. The molecule has 0 aromatic heterocycles. The highest BCUT2D eigenvalue weighted by molar-refractivity contribution is 6.12. The van der Waals surface area contributed by atoms with E-state index in [0.29, 0.717) is 0 Å². The Hall–Kier alpha value is -5.66. The molecule has 1 heteroatoms. The van der Waals surface area contributed by atoms with Gasteiger partial charge in [-0.2, -0.15) is 0 Å². The molecule has 0 aliphatic heterocycles. The van der Waals surface area contributed by atoms with Gasteiger partial charge in [-0.3, -0.25) is 0 Å². The second-order valence-electron chi connectivity index (χ2n) is 11.0. The molecule has 1 nitrogen and oxygen atoms in total. The van der Waals surface area contributed by atoms with Gasteiger partial charge in [0, 0.05) is 16.6 Å². The smallest absolute Gasteiger partial charge is 0.0546 e. The third kappa shape index (κ3) is 4.43. The van der Waals surface area contributed by atoms with Gasteiger partial charge >= 0.3 is 0 Å². The van der Waals surface area contributed by atoms with Crippen molar-refractivity contribution in [1.82, 2.24) is 0 Å². The molecular formula is C42H29N. The topological polar surface area (TPSA) is 3.24 Å². The molecule has 0 fully saturated rings. The van der Waals surface area contributed by atoms with E-state index >= 15 is 0 Å². The Labute approximate surface area is 251 Å². The van der Waals surface area contributed by atoms with E-state index in [1.165, 1.54) is 54.6 Å². The quantitative estimate of drug-likeness (QED) is 0.207. The molecule has 0 heterocycles. The second kappa shape index (κ2) is 10.6. The normalized spacial score (nSPS) is 11.3. The fourth-order valence-electron chi connectivity index (χ4n) is 6.42. The predicted molar refractivity (Wildman–Crippen MR) is 185 cm³/mol. The van der Waals surface area contributed by atoms with Crippen LogP contribution in [0, 0.1) is 0 Å². The van der Waals surface area contributed by atoms with Crippen molar-refractivity contribution in [2.75, 3.05) is 4.90 Å². The molecule has 8 aromatic rings. The average Bonchev–Trinajstić information content (AvgIpc) is 3.09. The molecule has 0 spiro atoms. The van der Waals surface area contributed by atoms with Crippen LogP contribution in [0.4, 0.5) is 17.1 Å². The second-order valence-corrected chi connectivity index (χ2v) is 11.0. The molecule has 0 N–H and O–H groups in total. The highest BCUT2D eigenvalue weighted by atomic mass is 15.1. The fraction of sp³-hybridized carbons (Fsp3) is 0. The van der Waals surface area contributed by atoms with E-state index in [2.05, 4.69) is 181 Å². The summed E-state index contributed by atoms with van der Waals surface area (Å²) in [5.74, 6) is 0. The van der Waals surface area contributed by atoms with Crippen LogP contribution in [0.15, 0.2) is 176 Å². The summed E-state index contributed by atoms with van der Waals surface area (Å²) in [4.78, 5) is 2.45. The minimum Gasteiger partial charge on any atom is -0.309 e. The van der Waals surface area contributed by atoms with Gasteiger partial charge in [-0.25, -0.2) is 0 Å². The van der Waals surface area contributed by atoms with Crippen LogP contribution in [0.1, 0.15) is 0 Å². The first-order valence-corrected chi connectivity index (χ1v) is 14.8. The van der Waals surface area contributed by atoms with E-state index in [1.807, 2.05) is 0 Å². The number of hydrogen-bond donors (Lipinski definition) is 0. The number of benzene rings is 8. The molecule has 8 rings (SSSR count). The molecule has 0 aliphatic rings. The molecule has 0 saturated carbocycles. The minimum absolute atomic E-state index is 1.12. The monoisotopic (exact) mass is 547 g/mol. The Morgan fingerprint density at radius 2 is 0.837 bits per heavy atom. The van der Waals surface area contributed by atoms with Crippen molar-refractivity contribution in [3.05, 3.63) is 176 Å². The lowest BCUT2D eigenvalue weighted by Crippen LogP contribution is -2.12. The van der Waals surface area contributed by atoms with Gasteiger partial charge in [-0.15, -0.1) is 0 Å². The number of hydrogen-bond acceptors (Lipinski definition) is 1. The first-order valence-electron chi connectivity index (χ1n) is 14.8. The van der Waals surface area contributed by atoms with Crippen molar-refractivity contribution < 1.29 is 0 Å². The zero-order valence-corrected chi connectivity index (χ0v) is 23.7. The molecule has 8 aromatic carbocycles. The van der Waals surface area contributed by atoms with E-state index in [0.717, 1.165) is 17.1 Å². The van der Waals surface area contributed by atoms with Crippen molar-refractivity contribution in [3.8, 4) is 22.3 Å². The fourth-order valence-corrected chi connectivity index (χ4v) is 6.42. The molecule has 0 bridgehead atoms. The van der Waals surface area contributed by atoms with E-state index in [1.54, 1.807) is 0 Å². The van der Waals surface area contributed by atoms with Crippen molar-refractivity contribution in [3.63, 3.8) is 0 Å². The number of fused-ring (bicyclic) bond motifs is 3. The molecule has 43 heavy (non-hydrogen) atoms. The summed E-state index contributed by atoms with van der Waals surface area (Å²) in [5.41, 5.74) is 8.31. The Bertz CT molecular complexity index is 2220. The largest absolute Gasteiger partial charge is 0.309 e. The number of nitrogens with zero attached hydrogens (tertiary/aromatic N) is 1. The van der Waals surface area contributed by atoms with Crippen LogP contribution in [-0.4, -0.2) is 0 Å². The van der Waals surface area contributed by atoms with Crippen molar-refractivity contribution in [2.45, 2.75) is 0 Å². The highest BCUT2D eigenvalue weighted by Crippen LogP contribution is 2.47. The van der Waals surface area contributed by atoms with E-state index < -0.39 is 0 Å². The summed E-state index contributed by atoms with van der Waals surface area (Å²) in [6.07, 6.45) is 0. The van der Waals surface area contributed by atoms with Crippen LogP contribution in [-0.2, 0) is 0 Å². The predicted octanol–water partition coefficient (Wildman–Crippen LogP) is 11.9. The Morgan fingerprint density at radius 3 is 1.58 bits per heavy atom. The summed E-state index contributed by atoms with van der Waals surface area (Å²) in [6.45, 7) is 0. The molecular weight excluding hydrogens is 518 g/mol. The average molecular weight is 548 g/mol. The first-order chi connectivity index (χ1) is 21.3. The Balaban J connectivity index is 1.44. The molecule has 202 valence electrons. The van der Waals surface area contributed by atoms with E-state index in [-0.39, 0.29) is 0 Å². The van der Waals surface area contributed by atoms with Gasteiger partial charge in [0.1, 0.15) is 0 Å². The summed E-state index contributed by atoms with van der Waals surface area (Å²) >= 11 is 0. The van der Waals surface area contributed by atoms with Gasteiger partial charge in [0.15, 0.2) is 0 Å². The summed E-state index contributed by atoms with van der Waals surface area (Å²) in [7, 11) is 0. The Kier molecular flexibility index (Phi) is 6.20. The van der Waals surface area contributed by atoms with Crippen LogP contribution in [0.5, 0.6) is 0 Å². The molecule has 0 aliphatic carbocycles. The third-order valence-corrected chi connectivity index (χ3v) is 8.45. The molecule has 0 unspecified atom stereocenters. The summed E-state index contributed by atoms with van der Waals surface area (Å²) < 4.78 is 0. The van der Waals surface area contributed by atoms with E-state index in [4.69, 9.17) is 0 Å². The molecule has 0 radical (unpaired) electrons. The molecule has 0 atom stereocenters. The zero-order chi connectivity index (χ0) is 28.6. The summed E-state index contributed by atoms with van der Waals surface area (Å²) in [5, 5.41) is 7.39. The lowest BCUT2D eigenvalue weighted by atomic mass is 9.91. The van der Waals surface area contributed by atoms with Crippen molar-refractivity contribution >= 4 is 49.4 Å². The van der Waals surface area contributed by atoms with Gasteiger partial charge in [0.05, 0.1) is 11.4 Å². The van der Waals surface area contributed by atoms with Crippen LogP contribution in [0.3, 0.4) is 0 Å². The van der Waals surface area contributed by atoms with Gasteiger partial charge in [0.25, 0.3) is 0 Å². The minimum atomic E-state index is 1.12. The maximum atomic E-state index is 2.45. The van der Waals surface area contributed by atoms with Crippen LogP contribution >= 0.6 is 0 Å². The third-order valence-electron chi connectivity index (χ3n) is 8.45. The highest BCUT2D eigenvalue weighted by Gasteiger charge is 2.22. The standard InChI is InChI=1S/C42H29N/c1-2-12-30(13-3-1)31-24-27-35(28-25-31)43(40-23-11-18-33-15-5-8-20-37(33)40)41-29-26-34-16-6-9-21-38(34)42(41)39-22-10-17-32-14-4-7-19-36(32)39/h1-29H. The molecule has 0 amide bonds. The maximum Gasteiger partial charge on any atom is 0.0546 e. The number of rotatable bonds is 5. The van der Waals surface area contributed by atoms with Gasteiger partial charge in [0.2, 0.25) is 0 Å². The molecule has 0 saturated heterocycles. The van der Waals surface area contributed by atoms with Crippen molar-refractivity contribution in [1.29, 1.82) is 0 Å². The summed E-state index contributed by atoms with van der Waals surface area (Å²) in [6, 6.07) is 63.5. The zero-order valence-electron chi connectivity index (χ0n) is 23.7. The van der Waals surface area contributed by atoms with Gasteiger partial charge in [-0.1, -0.05) is 152 Å². The SMILES string of the molecule is c1ccc(-c2ccc(N(c3ccc4ccccc4c3-c3cccc4ccccc34)c3cccc4ccccc34)cc2)cc1. The van der Waals surface area contributed by atoms with Crippen molar-refractivity contribution in [2.24, 2.45) is 0 Å². The van der Waals surface area contributed by atoms with Gasteiger partial charge < -0.3 is 4.90 Å². The maximum absolute atomic E-state index is 2.45. The lowest BCUT2D eigenvalue weighted by molar-refractivity contribution is 1.30. The Morgan fingerprint density at radius 1 is 0.302 bits per heavy atom. The van der Waals surface area contributed by atoms with Gasteiger partial charge in [-0.05, 0) is 67.9 Å².